The van der Waals surface area contributed by atoms with Gasteiger partial charge in [0.1, 0.15) is 5.82 Å². The fourth-order valence-electron chi connectivity index (χ4n) is 2.65. The van der Waals surface area contributed by atoms with Crippen molar-refractivity contribution < 1.29 is 17.4 Å². The highest BCUT2D eigenvalue weighted by molar-refractivity contribution is 7.85. The first-order valence-corrected chi connectivity index (χ1v) is 9.31. The molecule has 2 N–H and O–H groups in total. The molecule has 1 saturated heterocycles. The summed E-state index contributed by atoms with van der Waals surface area (Å²) in [4.78, 5) is -0.0666. The maximum absolute atomic E-state index is 13.4. The van der Waals surface area contributed by atoms with Crippen LogP contribution < -0.4 is 5.32 Å². The maximum atomic E-state index is 13.4. The average Bonchev–Trinajstić information content (AvgIpc) is 2.56. The Hall–Kier alpha value is -1.76. The van der Waals surface area contributed by atoms with Gasteiger partial charge >= 0.3 is 0 Å². The van der Waals surface area contributed by atoms with Gasteiger partial charge in [0, 0.05) is 0 Å². The Morgan fingerprint density at radius 3 is 2.17 bits per heavy atom. The number of hydrogen-bond donors (Lipinski definition) is 2. The van der Waals surface area contributed by atoms with E-state index >= 15 is 0 Å². The molecule has 0 unspecified atom stereocenters. The molecule has 1 fully saturated rings. The van der Waals surface area contributed by atoms with Crippen molar-refractivity contribution in [1.29, 1.82) is 0 Å². The summed E-state index contributed by atoms with van der Waals surface area (Å²) in [6, 6.07) is 13.1. The number of halogens is 1. The van der Waals surface area contributed by atoms with Gasteiger partial charge in [-0.15, -0.1) is 0 Å². The van der Waals surface area contributed by atoms with Crippen molar-refractivity contribution in [3.63, 3.8) is 0 Å². The first-order valence-electron chi connectivity index (χ1n) is 7.87. The lowest BCUT2D eigenvalue weighted by Crippen LogP contribution is -2.27. The summed E-state index contributed by atoms with van der Waals surface area (Å²) in [5.74, 6) is 0.372. The second-order valence-corrected chi connectivity index (χ2v) is 7.26. The van der Waals surface area contributed by atoms with Crippen LogP contribution in [0.3, 0.4) is 0 Å². The topological polar surface area (TPSA) is 66.4 Å². The van der Waals surface area contributed by atoms with Crippen molar-refractivity contribution in [2.75, 3.05) is 13.1 Å². The molecule has 0 bridgehead atoms. The number of aryl methyl sites for hydroxylation is 1. The van der Waals surface area contributed by atoms with E-state index in [0.29, 0.717) is 5.92 Å². The van der Waals surface area contributed by atoms with Crippen molar-refractivity contribution in [2.24, 2.45) is 0 Å². The molecule has 3 rings (SSSR count). The predicted molar refractivity (Wildman–Crippen MR) is 92.2 cm³/mol. The second kappa shape index (κ2) is 8.37. The van der Waals surface area contributed by atoms with Gasteiger partial charge in [0.15, 0.2) is 0 Å². The van der Waals surface area contributed by atoms with Crippen LogP contribution in [-0.4, -0.2) is 26.1 Å². The molecular formula is C18H22FNO3S. The molecule has 0 aromatic heterocycles. The fraction of sp³-hybridized carbons (Fsp3) is 0.333. The molecule has 2 aromatic rings. The summed E-state index contributed by atoms with van der Waals surface area (Å²) in [7, 11) is -4.02. The highest BCUT2D eigenvalue weighted by Crippen LogP contribution is 2.26. The molecule has 1 heterocycles. The number of piperidine rings is 1. The molecule has 0 aliphatic carbocycles. The molecule has 130 valence electrons. The largest absolute Gasteiger partial charge is 0.317 e. The van der Waals surface area contributed by atoms with Crippen LogP contribution in [0.4, 0.5) is 4.39 Å². The number of rotatable bonds is 2. The quantitative estimate of drug-likeness (QED) is 0.812. The van der Waals surface area contributed by atoms with E-state index in [-0.39, 0.29) is 10.7 Å². The summed E-state index contributed by atoms with van der Waals surface area (Å²) < 4.78 is 42.9. The molecule has 0 spiro atoms. The zero-order valence-corrected chi connectivity index (χ0v) is 14.4. The van der Waals surface area contributed by atoms with Crippen LogP contribution in [0.15, 0.2) is 53.4 Å². The van der Waals surface area contributed by atoms with Crippen LogP contribution in [-0.2, 0) is 10.1 Å². The van der Waals surface area contributed by atoms with Gasteiger partial charge in [-0.05, 0) is 62.5 Å². The Balaban J connectivity index is 0.000000177. The highest BCUT2D eigenvalue weighted by Gasteiger charge is 2.17. The summed E-state index contributed by atoms with van der Waals surface area (Å²) in [6.45, 7) is 3.87. The van der Waals surface area contributed by atoms with E-state index < -0.39 is 10.1 Å². The average molecular weight is 351 g/mol. The fourth-order valence-corrected chi connectivity index (χ4v) is 3.13. The van der Waals surface area contributed by atoms with Crippen LogP contribution in [0, 0.1) is 12.7 Å². The third kappa shape index (κ3) is 5.40. The molecule has 0 saturated carbocycles. The number of nitrogens with one attached hydrogen (secondary N) is 1. The Morgan fingerprint density at radius 2 is 1.62 bits per heavy atom. The van der Waals surface area contributed by atoms with Crippen LogP contribution in [0.1, 0.15) is 29.9 Å². The van der Waals surface area contributed by atoms with Crippen molar-refractivity contribution in [3.05, 3.63) is 65.5 Å². The normalized spacial score (nSPS) is 15.5. The van der Waals surface area contributed by atoms with Crippen molar-refractivity contribution >= 4 is 10.1 Å². The SMILES string of the molecule is Cc1ccc(S(=O)(=O)O)cc1.Fc1ccccc1C1CCNCC1. The van der Waals surface area contributed by atoms with E-state index in [2.05, 4.69) is 5.32 Å². The Bertz CT molecular complexity index is 754. The van der Waals surface area contributed by atoms with E-state index in [9.17, 15) is 12.8 Å². The summed E-state index contributed by atoms with van der Waals surface area (Å²) in [5.41, 5.74) is 1.85. The van der Waals surface area contributed by atoms with Gasteiger partial charge in [0.05, 0.1) is 4.90 Å². The van der Waals surface area contributed by atoms with Crippen molar-refractivity contribution in [1.82, 2.24) is 5.32 Å². The first kappa shape index (κ1) is 18.6. The molecule has 1 aliphatic rings. The molecule has 6 heteroatoms. The third-order valence-electron chi connectivity index (χ3n) is 4.00. The number of benzene rings is 2. The Morgan fingerprint density at radius 1 is 1.04 bits per heavy atom. The minimum absolute atomic E-state index is 0.0469. The van der Waals surface area contributed by atoms with E-state index in [1.807, 2.05) is 19.1 Å². The lowest BCUT2D eigenvalue weighted by atomic mass is 9.90. The molecule has 24 heavy (non-hydrogen) atoms. The van der Waals surface area contributed by atoms with Gasteiger partial charge in [-0.3, -0.25) is 4.55 Å². The zero-order chi connectivity index (χ0) is 17.6. The van der Waals surface area contributed by atoms with Gasteiger partial charge in [0.2, 0.25) is 0 Å². The minimum Gasteiger partial charge on any atom is -0.317 e. The summed E-state index contributed by atoms with van der Waals surface area (Å²) >= 11 is 0. The van der Waals surface area contributed by atoms with E-state index in [1.165, 1.54) is 12.1 Å². The smallest absolute Gasteiger partial charge is 0.294 e. The molecule has 0 radical (unpaired) electrons. The Kier molecular flexibility index (Phi) is 6.48. The van der Waals surface area contributed by atoms with Crippen LogP contribution in [0.5, 0.6) is 0 Å². The van der Waals surface area contributed by atoms with Gasteiger partial charge in [-0.1, -0.05) is 35.9 Å². The molecular weight excluding hydrogens is 329 g/mol. The highest BCUT2D eigenvalue weighted by atomic mass is 32.2. The zero-order valence-electron chi connectivity index (χ0n) is 13.6. The van der Waals surface area contributed by atoms with Gasteiger partial charge in [-0.25, -0.2) is 4.39 Å². The monoisotopic (exact) mass is 351 g/mol. The minimum atomic E-state index is -4.02. The summed E-state index contributed by atoms with van der Waals surface area (Å²) in [5, 5.41) is 3.28. The van der Waals surface area contributed by atoms with E-state index in [4.69, 9.17) is 4.55 Å². The molecule has 0 atom stereocenters. The summed E-state index contributed by atoms with van der Waals surface area (Å²) in [6.07, 6.45) is 2.11. The lowest BCUT2D eigenvalue weighted by Gasteiger charge is -2.23. The Labute approximate surface area is 142 Å². The van der Waals surface area contributed by atoms with Crippen LogP contribution in [0.2, 0.25) is 0 Å². The van der Waals surface area contributed by atoms with E-state index in [1.54, 1.807) is 24.3 Å². The van der Waals surface area contributed by atoms with Crippen LogP contribution >= 0.6 is 0 Å². The van der Waals surface area contributed by atoms with Gasteiger partial charge < -0.3 is 5.32 Å². The first-order chi connectivity index (χ1) is 11.4. The van der Waals surface area contributed by atoms with Crippen molar-refractivity contribution in [3.8, 4) is 0 Å². The standard InChI is InChI=1S/C11H14FN.C7H8O3S/c12-11-4-2-1-3-10(11)9-5-7-13-8-6-9;1-6-2-4-7(5-3-6)11(8,9)10/h1-4,9,13H,5-8H2;2-5H,1H3,(H,8,9,10). The van der Waals surface area contributed by atoms with Gasteiger partial charge in [-0.2, -0.15) is 8.42 Å². The van der Waals surface area contributed by atoms with Crippen LogP contribution in [0.25, 0.3) is 0 Å². The molecule has 2 aromatic carbocycles. The lowest BCUT2D eigenvalue weighted by molar-refractivity contribution is 0.445. The maximum Gasteiger partial charge on any atom is 0.294 e. The predicted octanol–water partition coefficient (Wildman–Crippen LogP) is 3.53. The molecule has 4 nitrogen and oxygen atoms in total. The third-order valence-corrected chi connectivity index (χ3v) is 4.87. The molecule has 0 amide bonds. The molecule has 1 aliphatic heterocycles. The van der Waals surface area contributed by atoms with Gasteiger partial charge in [0.25, 0.3) is 10.1 Å². The number of hydrogen-bond acceptors (Lipinski definition) is 3. The second-order valence-electron chi connectivity index (χ2n) is 5.83. The van der Waals surface area contributed by atoms with Crippen molar-refractivity contribution in [2.45, 2.75) is 30.6 Å². The van der Waals surface area contributed by atoms with E-state index in [0.717, 1.165) is 37.1 Å².